The van der Waals surface area contributed by atoms with Crippen molar-refractivity contribution < 1.29 is 9.53 Å². The highest BCUT2D eigenvalue weighted by molar-refractivity contribution is 5.81. The van der Waals surface area contributed by atoms with Crippen molar-refractivity contribution in [3.05, 3.63) is 77.4 Å². The van der Waals surface area contributed by atoms with Crippen molar-refractivity contribution in [1.82, 2.24) is 0 Å². The van der Waals surface area contributed by atoms with Crippen LogP contribution in [-0.2, 0) is 13.0 Å². The number of hydrogen-bond donors (Lipinski definition) is 0. The fourth-order valence-corrected chi connectivity index (χ4v) is 2.56. The number of aldehydes is 1. The van der Waals surface area contributed by atoms with Gasteiger partial charge in [-0.25, -0.2) is 0 Å². The van der Waals surface area contributed by atoms with Gasteiger partial charge in [-0.15, -0.1) is 6.58 Å². The van der Waals surface area contributed by atoms with Crippen molar-refractivity contribution in [2.75, 3.05) is 0 Å². The van der Waals surface area contributed by atoms with Gasteiger partial charge in [0, 0.05) is 0 Å². The molecule has 2 rings (SSSR count). The van der Waals surface area contributed by atoms with E-state index in [-0.39, 0.29) is 0 Å². The Morgan fingerprint density at radius 1 is 1.22 bits per heavy atom. The van der Waals surface area contributed by atoms with Gasteiger partial charge >= 0.3 is 0 Å². The second-order valence-electron chi connectivity index (χ2n) is 5.79. The maximum atomic E-state index is 11.6. The van der Waals surface area contributed by atoms with Gasteiger partial charge in [0.2, 0.25) is 0 Å². The van der Waals surface area contributed by atoms with Crippen LogP contribution in [0.5, 0.6) is 5.75 Å². The van der Waals surface area contributed by atoms with Crippen molar-refractivity contribution >= 4 is 6.29 Å². The summed E-state index contributed by atoms with van der Waals surface area (Å²) in [5, 5.41) is 0. The summed E-state index contributed by atoms with van der Waals surface area (Å²) in [7, 11) is 0. The third-order valence-electron chi connectivity index (χ3n) is 4.12. The minimum Gasteiger partial charge on any atom is -0.488 e. The van der Waals surface area contributed by atoms with Crippen LogP contribution in [0.4, 0.5) is 0 Å². The molecule has 0 saturated carbocycles. The molecule has 0 radical (unpaired) electrons. The Morgan fingerprint density at radius 2 is 1.96 bits per heavy atom. The summed E-state index contributed by atoms with van der Waals surface area (Å²) in [4.78, 5) is 11.6. The van der Waals surface area contributed by atoms with Crippen LogP contribution in [0.2, 0.25) is 0 Å². The van der Waals surface area contributed by atoms with Gasteiger partial charge in [0.15, 0.2) is 6.29 Å². The number of ether oxygens (including phenoxy) is 1. The summed E-state index contributed by atoms with van der Waals surface area (Å²) >= 11 is 0. The molecule has 1 unspecified atom stereocenters. The lowest BCUT2D eigenvalue weighted by Gasteiger charge is -2.17. The molecule has 0 saturated heterocycles. The van der Waals surface area contributed by atoms with E-state index in [4.69, 9.17) is 4.74 Å². The molecule has 0 aromatic heterocycles. The van der Waals surface area contributed by atoms with Crippen LogP contribution in [0.15, 0.2) is 55.1 Å². The fourth-order valence-electron chi connectivity index (χ4n) is 2.56. The molecule has 2 nitrogen and oxygen atoms in total. The van der Waals surface area contributed by atoms with E-state index in [9.17, 15) is 4.79 Å². The van der Waals surface area contributed by atoms with E-state index in [0.29, 0.717) is 30.3 Å². The third-order valence-corrected chi connectivity index (χ3v) is 4.12. The van der Waals surface area contributed by atoms with Gasteiger partial charge in [0.25, 0.3) is 0 Å². The van der Waals surface area contributed by atoms with Crippen molar-refractivity contribution in [2.24, 2.45) is 0 Å². The van der Waals surface area contributed by atoms with Gasteiger partial charge in [-0.05, 0) is 41.5 Å². The van der Waals surface area contributed by atoms with Crippen molar-refractivity contribution in [2.45, 2.75) is 39.2 Å². The predicted octanol–water partition coefficient (Wildman–Crippen LogP) is 5.32. The van der Waals surface area contributed by atoms with Crippen LogP contribution in [0.1, 0.15) is 53.2 Å². The molecule has 120 valence electrons. The van der Waals surface area contributed by atoms with Crippen LogP contribution in [0, 0.1) is 0 Å². The number of hydrogen-bond acceptors (Lipinski definition) is 2. The molecule has 2 aromatic rings. The highest BCUT2D eigenvalue weighted by atomic mass is 16.5. The predicted molar refractivity (Wildman–Crippen MR) is 95.2 cm³/mol. The Morgan fingerprint density at radius 3 is 2.57 bits per heavy atom. The average molecular weight is 308 g/mol. The van der Waals surface area contributed by atoms with Gasteiger partial charge in [-0.2, -0.15) is 0 Å². The highest BCUT2D eigenvalue weighted by Gasteiger charge is 2.14. The Bertz CT molecular complexity index is 659. The van der Waals surface area contributed by atoms with Gasteiger partial charge in [-0.3, -0.25) is 4.79 Å². The third kappa shape index (κ3) is 4.32. The fraction of sp³-hybridized carbons (Fsp3) is 0.286. The molecule has 23 heavy (non-hydrogen) atoms. The Balaban J connectivity index is 2.35. The summed E-state index contributed by atoms with van der Waals surface area (Å²) < 4.78 is 5.99. The minimum atomic E-state index is 0.417. The highest BCUT2D eigenvalue weighted by Crippen LogP contribution is 2.31. The molecule has 2 heteroatoms. The zero-order valence-corrected chi connectivity index (χ0v) is 13.9. The first-order valence-electron chi connectivity index (χ1n) is 8.09. The molecule has 0 bridgehead atoms. The number of benzene rings is 2. The van der Waals surface area contributed by atoms with Crippen LogP contribution in [-0.4, -0.2) is 6.29 Å². The van der Waals surface area contributed by atoms with Crippen molar-refractivity contribution in [3.63, 3.8) is 0 Å². The van der Waals surface area contributed by atoms with Gasteiger partial charge in [-0.1, -0.05) is 56.3 Å². The Hall–Kier alpha value is -2.35. The molecule has 0 amide bonds. The first-order chi connectivity index (χ1) is 11.2. The molecule has 2 aromatic carbocycles. The topological polar surface area (TPSA) is 26.3 Å². The standard InChI is InChI=1S/C21H24O2/c1-4-9-18-12-19(16(3)5-2)13-20(14-22)21(18)23-15-17-10-7-6-8-11-17/h4,6-8,10-14,16H,1,5,9,15H2,2-3H3. The van der Waals surface area contributed by atoms with E-state index in [2.05, 4.69) is 26.5 Å². The lowest BCUT2D eigenvalue weighted by Crippen LogP contribution is -2.04. The number of carbonyl (C=O) groups is 1. The molecule has 1 atom stereocenters. The molecule has 0 aliphatic carbocycles. The van der Waals surface area contributed by atoms with E-state index < -0.39 is 0 Å². The molecule has 0 spiro atoms. The summed E-state index contributed by atoms with van der Waals surface area (Å²) in [6.45, 7) is 8.60. The zero-order chi connectivity index (χ0) is 16.7. The molecule has 0 heterocycles. The minimum absolute atomic E-state index is 0.417. The quantitative estimate of drug-likeness (QED) is 0.487. The maximum absolute atomic E-state index is 11.6. The second-order valence-corrected chi connectivity index (χ2v) is 5.79. The van der Waals surface area contributed by atoms with Gasteiger partial charge in [0.1, 0.15) is 12.4 Å². The summed E-state index contributed by atoms with van der Waals surface area (Å²) in [5.74, 6) is 1.09. The largest absolute Gasteiger partial charge is 0.488 e. The second kappa shape index (κ2) is 8.33. The van der Waals surface area contributed by atoms with Crippen LogP contribution in [0.3, 0.4) is 0 Å². The molecule has 0 aliphatic rings. The molecule has 0 aliphatic heterocycles. The smallest absolute Gasteiger partial charge is 0.153 e. The Labute approximate surface area is 138 Å². The Kier molecular flexibility index (Phi) is 6.16. The van der Waals surface area contributed by atoms with Gasteiger partial charge in [0.05, 0.1) is 5.56 Å². The summed E-state index contributed by atoms with van der Waals surface area (Å²) in [6.07, 6.45) is 4.46. The molecular weight excluding hydrogens is 284 g/mol. The van der Waals surface area contributed by atoms with E-state index in [1.807, 2.05) is 42.5 Å². The molecule has 0 N–H and O–H groups in total. The van der Waals surface area contributed by atoms with Gasteiger partial charge < -0.3 is 4.74 Å². The number of allylic oxidation sites excluding steroid dienone is 1. The van der Waals surface area contributed by atoms with Crippen LogP contribution < -0.4 is 4.74 Å². The molecule has 0 fully saturated rings. The van der Waals surface area contributed by atoms with E-state index >= 15 is 0 Å². The summed E-state index contributed by atoms with van der Waals surface area (Å²) in [6, 6.07) is 14.1. The van der Waals surface area contributed by atoms with Crippen molar-refractivity contribution in [3.8, 4) is 5.75 Å². The molecular formula is C21H24O2. The van der Waals surface area contributed by atoms with E-state index in [1.54, 1.807) is 0 Å². The normalized spacial score (nSPS) is 11.7. The van der Waals surface area contributed by atoms with E-state index in [1.165, 1.54) is 5.56 Å². The first-order valence-corrected chi connectivity index (χ1v) is 8.09. The lowest BCUT2D eigenvalue weighted by molar-refractivity contribution is 0.111. The monoisotopic (exact) mass is 308 g/mol. The SMILES string of the molecule is C=CCc1cc(C(C)CC)cc(C=O)c1OCc1ccccc1. The zero-order valence-electron chi connectivity index (χ0n) is 13.9. The van der Waals surface area contributed by atoms with E-state index in [0.717, 1.165) is 23.8 Å². The first kappa shape index (κ1) is 17.0. The number of carbonyl (C=O) groups excluding carboxylic acids is 1. The van der Waals surface area contributed by atoms with Crippen LogP contribution >= 0.6 is 0 Å². The average Bonchev–Trinajstić information content (AvgIpc) is 2.60. The van der Waals surface area contributed by atoms with Crippen molar-refractivity contribution in [1.29, 1.82) is 0 Å². The van der Waals surface area contributed by atoms with Crippen LogP contribution in [0.25, 0.3) is 0 Å². The summed E-state index contributed by atoms with van der Waals surface area (Å²) in [5.41, 5.74) is 3.91. The lowest BCUT2D eigenvalue weighted by atomic mass is 9.93. The maximum Gasteiger partial charge on any atom is 0.153 e. The number of rotatable bonds is 8.